The van der Waals surface area contributed by atoms with Crippen LogP contribution in [0.5, 0.6) is 11.5 Å². The Balaban J connectivity index is 1.84. The van der Waals surface area contributed by atoms with E-state index >= 15 is 0 Å². The molecule has 0 aliphatic heterocycles. The molecule has 24 heavy (non-hydrogen) atoms. The largest absolute Gasteiger partial charge is 0.497 e. The summed E-state index contributed by atoms with van der Waals surface area (Å²) in [6, 6.07) is 16.0. The average molecular weight is 327 g/mol. The first-order chi connectivity index (χ1) is 11.7. The molecule has 2 rings (SSSR count). The zero-order valence-corrected chi connectivity index (χ0v) is 14.5. The highest BCUT2D eigenvalue weighted by molar-refractivity contribution is 5.79. The smallest absolute Gasteiger partial charge is 0.191 e. The molecule has 0 aliphatic rings. The first kappa shape index (κ1) is 17.7. The molecule has 0 amide bonds. The van der Waals surface area contributed by atoms with Crippen LogP contribution in [-0.4, -0.2) is 26.7 Å². The molecule has 0 fully saturated rings. The van der Waals surface area contributed by atoms with Crippen LogP contribution in [0.1, 0.15) is 18.1 Å². The van der Waals surface area contributed by atoms with Gasteiger partial charge in [0.1, 0.15) is 11.5 Å². The Labute approximate surface area is 143 Å². The van der Waals surface area contributed by atoms with Gasteiger partial charge in [-0.05, 0) is 42.3 Å². The summed E-state index contributed by atoms with van der Waals surface area (Å²) in [4.78, 5) is 4.25. The van der Waals surface area contributed by atoms with Gasteiger partial charge in [-0.25, -0.2) is 0 Å². The summed E-state index contributed by atoms with van der Waals surface area (Å²) in [5, 5.41) is 6.61. The fourth-order valence-electron chi connectivity index (χ4n) is 2.25. The van der Waals surface area contributed by atoms with E-state index in [1.807, 2.05) is 49.4 Å². The lowest BCUT2D eigenvalue weighted by atomic mass is 10.2. The molecule has 5 nitrogen and oxygen atoms in total. The van der Waals surface area contributed by atoms with Gasteiger partial charge >= 0.3 is 0 Å². The second-order valence-electron chi connectivity index (χ2n) is 5.21. The van der Waals surface area contributed by atoms with E-state index in [0.29, 0.717) is 19.7 Å². The number of hydrogen-bond donors (Lipinski definition) is 2. The van der Waals surface area contributed by atoms with Crippen molar-refractivity contribution < 1.29 is 9.47 Å². The highest BCUT2D eigenvalue weighted by atomic mass is 16.5. The van der Waals surface area contributed by atoms with Gasteiger partial charge in [-0.15, -0.1) is 0 Å². The van der Waals surface area contributed by atoms with Crippen molar-refractivity contribution in [1.82, 2.24) is 10.6 Å². The van der Waals surface area contributed by atoms with Gasteiger partial charge in [0, 0.05) is 20.1 Å². The SMILES string of the molecule is CCOc1cccc(CNC(=NC)NCc2ccc(OC)cc2)c1. The Morgan fingerprint density at radius 1 is 0.958 bits per heavy atom. The molecule has 0 unspecified atom stereocenters. The van der Waals surface area contributed by atoms with Crippen LogP contribution in [0.2, 0.25) is 0 Å². The molecule has 2 aromatic rings. The highest BCUT2D eigenvalue weighted by Gasteiger charge is 2.01. The van der Waals surface area contributed by atoms with Crippen molar-refractivity contribution in [2.45, 2.75) is 20.0 Å². The van der Waals surface area contributed by atoms with Crippen LogP contribution >= 0.6 is 0 Å². The standard InChI is InChI=1S/C19H25N3O2/c1-4-24-18-7-5-6-16(12-18)14-22-19(20-2)21-13-15-8-10-17(23-3)11-9-15/h5-12H,4,13-14H2,1-3H3,(H2,20,21,22). The molecule has 0 bridgehead atoms. The number of benzene rings is 2. The Morgan fingerprint density at radius 3 is 2.29 bits per heavy atom. The van der Waals surface area contributed by atoms with Crippen LogP contribution in [0.25, 0.3) is 0 Å². The van der Waals surface area contributed by atoms with Crippen molar-refractivity contribution in [3.05, 3.63) is 59.7 Å². The van der Waals surface area contributed by atoms with E-state index in [1.54, 1.807) is 14.2 Å². The zero-order chi connectivity index (χ0) is 17.2. The number of hydrogen-bond acceptors (Lipinski definition) is 3. The molecule has 5 heteroatoms. The van der Waals surface area contributed by atoms with Crippen LogP contribution < -0.4 is 20.1 Å². The van der Waals surface area contributed by atoms with Crippen LogP contribution in [-0.2, 0) is 13.1 Å². The molecular formula is C19H25N3O2. The molecule has 0 atom stereocenters. The second-order valence-corrected chi connectivity index (χ2v) is 5.21. The third kappa shape index (κ3) is 5.50. The first-order valence-corrected chi connectivity index (χ1v) is 8.04. The Morgan fingerprint density at radius 2 is 1.67 bits per heavy atom. The van der Waals surface area contributed by atoms with Crippen LogP contribution in [0.3, 0.4) is 0 Å². The number of rotatable bonds is 7. The minimum Gasteiger partial charge on any atom is -0.497 e. The molecule has 2 N–H and O–H groups in total. The molecule has 0 saturated carbocycles. The monoisotopic (exact) mass is 327 g/mol. The van der Waals surface area contributed by atoms with Crippen LogP contribution in [0.15, 0.2) is 53.5 Å². The van der Waals surface area contributed by atoms with Crippen LogP contribution in [0, 0.1) is 0 Å². The molecule has 0 heterocycles. The minimum atomic E-state index is 0.669. The predicted molar refractivity (Wildman–Crippen MR) is 97.6 cm³/mol. The lowest BCUT2D eigenvalue weighted by molar-refractivity contribution is 0.340. The summed E-state index contributed by atoms with van der Waals surface area (Å²) in [5.74, 6) is 2.50. The summed E-state index contributed by atoms with van der Waals surface area (Å²) in [6.45, 7) is 4.03. The Bertz CT molecular complexity index is 654. The summed E-state index contributed by atoms with van der Waals surface area (Å²) in [7, 11) is 3.43. The topological polar surface area (TPSA) is 54.9 Å². The van der Waals surface area contributed by atoms with Gasteiger partial charge in [0.05, 0.1) is 13.7 Å². The number of guanidine groups is 1. The first-order valence-electron chi connectivity index (χ1n) is 8.04. The van der Waals surface area contributed by atoms with Gasteiger partial charge < -0.3 is 20.1 Å². The predicted octanol–water partition coefficient (Wildman–Crippen LogP) is 2.96. The number of ether oxygens (including phenoxy) is 2. The summed E-state index contributed by atoms with van der Waals surface area (Å²) in [6.07, 6.45) is 0. The van der Waals surface area contributed by atoms with Gasteiger partial charge in [0.25, 0.3) is 0 Å². The van der Waals surface area contributed by atoms with Gasteiger partial charge in [-0.1, -0.05) is 24.3 Å². The molecule has 0 aromatic heterocycles. The Hall–Kier alpha value is -2.69. The van der Waals surface area contributed by atoms with E-state index in [9.17, 15) is 0 Å². The average Bonchev–Trinajstić information content (AvgIpc) is 2.63. The van der Waals surface area contributed by atoms with Crippen molar-refractivity contribution in [3.63, 3.8) is 0 Å². The lowest BCUT2D eigenvalue weighted by Gasteiger charge is -2.13. The maximum atomic E-state index is 5.52. The van der Waals surface area contributed by atoms with E-state index in [1.165, 1.54) is 0 Å². The van der Waals surface area contributed by atoms with Crippen molar-refractivity contribution in [3.8, 4) is 11.5 Å². The van der Waals surface area contributed by atoms with E-state index < -0.39 is 0 Å². The number of methoxy groups -OCH3 is 1. The van der Waals surface area contributed by atoms with Gasteiger partial charge in [0.2, 0.25) is 0 Å². The van der Waals surface area contributed by atoms with Crippen molar-refractivity contribution in [2.75, 3.05) is 20.8 Å². The quantitative estimate of drug-likeness (QED) is 0.606. The normalized spacial score (nSPS) is 11.0. The third-order valence-electron chi connectivity index (χ3n) is 3.51. The van der Waals surface area contributed by atoms with Crippen molar-refractivity contribution >= 4 is 5.96 Å². The summed E-state index contributed by atoms with van der Waals surface area (Å²) < 4.78 is 10.7. The second kappa shape index (κ2) is 9.45. The lowest BCUT2D eigenvalue weighted by Crippen LogP contribution is -2.36. The third-order valence-corrected chi connectivity index (χ3v) is 3.51. The van der Waals surface area contributed by atoms with E-state index in [-0.39, 0.29) is 0 Å². The number of aliphatic imine (C=N–C) groups is 1. The zero-order valence-electron chi connectivity index (χ0n) is 14.5. The Kier molecular flexibility index (Phi) is 6.95. The van der Waals surface area contributed by atoms with E-state index in [0.717, 1.165) is 28.6 Å². The maximum Gasteiger partial charge on any atom is 0.191 e. The number of nitrogens with zero attached hydrogens (tertiary/aromatic N) is 1. The summed E-state index contributed by atoms with van der Waals surface area (Å²) in [5.41, 5.74) is 2.31. The molecule has 0 aliphatic carbocycles. The maximum absolute atomic E-state index is 5.52. The fraction of sp³-hybridized carbons (Fsp3) is 0.316. The minimum absolute atomic E-state index is 0.669. The molecule has 128 valence electrons. The van der Waals surface area contributed by atoms with Crippen molar-refractivity contribution in [1.29, 1.82) is 0 Å². The molecule has 2 aromatic carbocycles. The number of nitrogens with one attached hydrogen (secondary N) is 2. The summed E-state index contributed by atoms with van der Waals surface area (Å²) >= 11 is 0. The highest BCUT2D eigenvalue weighted by Crippen LogP contribution is 2.13. The van der Waals surface area contributed by atoms with Gasteiger partial charge in [-0.2, -0.15) is 0 Å². The van der Waals surface area contributed by atoms with Gasteiger partial charge in [-0.3, -0.25) is 4.99 Å². The van der Waals surface area contributed by atoms with E-state index in [2.05, 4.69) is 21.7 Å². The fourth-order valence-corrected chi connectivity index (χ4v) is 2.25. The van der Waals surface area contributed by atoms with Crippen molar-refractivity contribution in [2.24, 2.45) is 4.99 Å². The molecule has 0 spiro atoms. The molecular weight excluding hydrogens is 302 g/mol. The van der Waals surface area contributed by atoms with Gasteiger partial charge in [0.15, 0.2) is 5.96 Å². The van der Waals surface area contributed by atoms with Crippen LogP contribution in [0.4, 0.5) is 0 Å². The molecule has 0 radical (unpaired) electrons. The van der Waals surface area contributed by atoms with E-state index in [4.69, 9.17) is 9.47 Å². The molecule has 0 saturated heterocycles.